The SMILES string of the molecule is CCCNc1cc(Nc2c(C)cccc2C)nc(C)n1. The molecule has 1 aromatic carbocycles. The Morgan fingerprint density at radius 1 is 1.00 bits per heavy atom. The van der Waals surface area contributed by atoms with E-state index >= 15 is 0 Å². The highest BCUT2D eigenvalue weighted by atomic mass is 15.1. The molecule has 0 amide bonds. The molecule has 0 bridgehead atoms. The third kappa shape index (κ3) is 3.47. The first-order valence-corrected chi connectivity index (χ1v) is 7.03. The Kier molecular flexibility index (Phi) is 4.56. The van der Waals surface area contributed by atoms with Crippen molar-refractivity contribution in [1.82, 2.24) is 9.97 Å². The minimum absolute atomic E-state index is 0.764. The number of hydrogen-bond acceptors (Lipinski definition) is 4. The van der Waals surface area contributed by atoms with Crippen LogP contribution in [0.1, 0.15) is 30.3 Å². The minimum Gasteiger partial charge on any atom is -0.370 e. The van der Waals surface area contributed by atoms with Crippen molar-refractivity contribution in [3.05, 3.63) is 41.2 Å². The van der Waals surface area contributed by atoms with Crippen molar-refractivity contribution in [3.8, 4) is 0 Å². The van der Waals surface area contributed by atoms with Crippen LogP contribution in [0.2, 0.25) is 0 Å². The van der Waals surface area contributed by atoms with Crippen LogP contribution in [0.25, 0.3) is 0 Å². The van der Waals surface area contributed by atoms with Crippen LogP contribution in [0.5, 0.6) is 0 Å². The van der Waals surface area contributed by atoms with Gasteiger partial charge < -0.3 is 10.6 Å². The van der Waals surface area contributed by atoms with E-state index in [0.29, 0.717) is 0 Å². The highest BCUT2D eigenvalue weighted by Gasteiger charge is 2.06. The molecule has 4 heteroatoms. The molecule has 0 radical (unpaired) electrons. The Balaban J connectivity index is 2.27. The molecule has 0 saturated heterocycles. The molecule has 0 fully saturated rings. The Labute approximate surface area is 120 Å². The summed E-state index contributed by atoms with van der Waals surface area (Å²) in [6, 6.07) is 8.21. The Hall–Kier alpha value is -2.10. The van der Waals surface area contributed by atoms with Crippen LogP contribution in [0, 0.1) is 20.8 Å². The van der Waals surface area contributed by atoms with Crippen molar-refractivity contribution in [2.75, 3.05) is 17.2 Å². The van der Waals surface area contributed by atoms with E-state index in [9.17, 15) is 0 Å². The molecule has 0 aliphatic heterocycles. The third-order valence-electron chi connectivity index (χ3n) is 3.13. The lowest BCUT2D eigenvalue weighted by molar-refractivity contribution is 0.955. The molecule has 0 atom stereocenters. The van der Waals surface area contributed by atoms with Gasteiger partial charge >= 0.3 is 0 Å². The molecule has 1 aromatic heterocycles. The van der Waals surface area contributed by atoms with Gasteiger partial charge in [-0.2, -0.15) is 0 Å². The number of para-hydroxylation sites is 1. The zero-order valence-corrected chi connectivity index (χ0v) is 12.6. The van der Waals surface area contributed by atoms with E-state index in [2.05, 4.69) is 59.6 Å². The first-order valence-electron chi connectivity index (χ1n) is 7.03. The highest BCUT2D eigenvalue weighted by molar-refractivity contribution is 5.65. The van der Waals surface area contributed by atoms with Crippen LogP contribution in [0.15, 0.2) is 24.3 Å². The summed E-state index contributed by atoms with van der Waals surface area (Å²) in [7, 11) is 0. The van der Waals surface area contributed by atoms with Gasteiger partial charge in [-0.1, -0.05) is 25.1 Å². The monoisotopic (exact) mass is 270 g/mol. The fourth-order valence-electron chi connectivity index (χ4n) is 2.12. The molecule has 20 heavy (non-hydrogen) atoms. The number of rotatable bonds is 5. The lowest BCUT2D eigenvalue weighted by atomic mass is 10.1. The van der Waals surface area contributed by atoms with Gasteiger partial charge in [0.2, 0.25) is 0 Å². The number of nitrogens with one attached hydrogen (secondary N) is 2. The predicted octanol–water partition coefficient (Wildman–Crippen LogP) is 3.97. The molecule has 0 saturated carbocycles. The number of aryl methyl sites for hydroxylation is 3. The Morgan fingerprint density at radius 2 is 1.65 bits per heavy atom. The number of anilines is 3. The topological polar surface area (TPSA) is 49.8 Å². The van der Waals surface area contributed by atoms with E-state index in [0.717, 1.165) is 36.1 Å². The van der Waals surface area contributed by atoms with Gasteiger partial charge in [-0.15, -0.1) is 0 Å². The maximum atomic E-state index is 4.46. The Morgan fingerprint density at radius 3 is 2.30 bits per heavy atom. The largest absolute Gasteiger partial charge is 0.370 e. The summed E-state index contributed by atoms with van der Waals surface area (Å²) in [4.78, 5) is 8.85. The van der Waals surface area contributed by atoms with Gasteiger partial charge in [0.25, 0.3) is 0 Å². The third-order valence-corrected chi connectivity index (χ3v) is 3.13. The second-order valence-corrected chi connectivity index (χ2v) is 5.00. The van der Waals surface area contributed by atoms with Crippen molar-refractivity contribution in [2.45, 2.75) is 34.1 Å². The number of nitrogens with zero attached hydrogens (tertiary/aromatic N) is 2. The second kappa shape index (κ2) is 6.37. The van der Waals surface area contributed by atoms with Crippen LogP contribution >= 0.6 is 0 Å². The Bertz CT molecular complexity index is 573. The van der Waals surface area contributed by atoms with Gasteiger partial charge in [-0.25, -0.2) is 9.97 Å². The van der Waals surface area contributed by atoms with E-state index in [-0.39, 0.29) is 0 Å². The van der Waals surface area contributed by atoms with E-state index in [1.165, 1.54) is 11.1 Å². The van der Waals surface area contributed by atoms with Crippen molar-refractivity contribution >= 4 is 17.3 Å². The van der Waals surface area contributed by atoms with E-state index in [1.54, 1.807) is 0 Å². The molecule has 1 heterocycles. The first-order chi connectivity index (χ1) is 9.60. The van der Waals surface area contributed by atoms with E-state index in [4.69, 9.17) is 0 Å². The average molecular weight is 270 g/mol. The molecule has 0 aliphatic carbocycles. The molecule has 2 rings (SSSR count). The fraction of sp³-hybridized carbons (Fsp3) is 0.375. The zero-order valence-electron chi connectivity index (χ0n) is 12.6. The maximum absolute atomic E-state index is 4.46. The first kappa shape index (κ1) is 14.3. The summed E-state index contributed by atoms with van der Waals surface area (Å²) in [6.45, 7) is 9.16. The van der Waals surface area contributed by atoms with Crippen molar-refractivity contribution in [3.63, 3.8) is 0 Å². The number of benzene rings is 1. The molecular formula is C16H22N4. The number of aromatic nitrogens is 2. The van der Waals surface area contributed by atoms with Gasteiger partial charge in [0.1, 0.15) is 17.5 Å². The van der Waals surface area contributed by atoms with Crippen molar-refractivity contribution in [1.29, 1.82) is 0 Å². The molecule has 106 valence electrons. The zero-order chi connectivity index (χ0) is 14.5. The lowest BCUT2D eigenvalue weighted by Crippen LogP contribution is -2.06. The lowest BCUT2D eigenvalue weighted by Gasteiger charge is -2.13. The van der Waals surface area contributed by atoms with Crippen molar-refractivity contribution < 1.29 is 0 Å². The van der Waals surface area contributed by atoms with Crippen LogP contribution in [-0.4, -0.2) is 16.5 Å². The summed E-state index contributed by atoms with van der Waals surface area (Å²) in [5.41, 5.74) is 3.54. The van der Waals surface area contributed by atoms with Gasteiger partial charge in [-0.3, -0.25) is 0 Å². The summed E-state index contributed by atoms with van der Waals surface area (Å²) >= 11 is 0. The van der Waals surface area contributed by atoms with Gasteiger partial charge in [0, 0.05) is 18.3 Å². The van der Waals surface area contributed by atoms with Gasteiger partial charge in [0.05, 0.1) is 0 Å². The standard InChI is InChI=1S/C16H22N4/c1-5-9-17-14-10-15(19-13(4)18-14)20-16-11(2)7-6-8-12(16)3/h6-8,10H,5,9H2,1-4H3,(H2,17,18,19,20). The van der Waals surface area contributed by atoms with E-state index < -0.39 is 0 Å². The average Bonchev–Trinajstić information content (AvgIpc) is 2.40. The summed E-state index contributed by atoms with van der Waals surface area (Å²) in [5.74, 6) is 2.46. The van der Waals surface area contributed by atoms with Crippen LogP contribution in [0.4, 0.5) is 17.3 Å². The van der Waals surface area contributed by atoms with E-state index in [1.807, 2.05) is 13.0 Å². The summed E-state index contributed by atoms with van der Waals surface area (Å²) in [5, 5.41) is 6.71. The smallest absolute Gasteiger partial charge is 0.136 e. The summed E-state index contributed by atoms with van der Waals surface area (Å²) < 4.78 is 0. The van der Waals surface area contributed by atoms with Crippen LogP contribution in [0.3, 0.4) is 0 Å². The summed E-state index contributed by atoms with van der Waals surface area (Å²) in [6.07, 6.45) is 1.07. The fourth-order valence-corrected chi connectivity index (χ4v) is 2.12. The maximum Gasteiger partial charge on any atom is 0.136 e. The second-order valence-electron chi connectivity index (χ2n) is 5.00. The molecule has 2 N–H and O–H groups in total. The number of hydrogen-bond donors (Lipinski definition) is 2. The molecule has 4 nitrogen and oxygen atoms in total. The quantitative estimate of drug-likeness (QED) is 0.863. The molecule has 0 unspecified atom stereocenters. The molecule has 0 spiro atoms. The minimum atomic E-state index is 0.764. The molecular weight excluding hydrogens is 248 g/mol. The highest BCUT2D eigenvalue weighted by Crippen LogP contribution is 2.24. The predicted molar refractivity (Wildman–Crippen MR) is 84.7 cm³/mol. The molecule has 2 aromatic rings. The van der Waals surface area contributed by atoms with Crippen LogP contribution in [-0.2, 0) is 0 Å². The van der Waals surface area contributed by atoms with Crippen molar-refractivity contribution in [2.24, 2.45) is 0 Å². The van der Waals surface area contributed by atoms with Gasteiger partial charge in [0.15, 0.2) is 0 Å². The molecule has 0 aliphatic rings. The normalized spacial score (nSPS) is 10.4. The van der Waals surface area contributed by atoms with Crippen LogP contribution < -0.4 is 10.6 Å². The van der Waals surface area contributed by atoms with Gasteiger partial charge in [-0.05, 0) is 38.3 Å².